The van der Waals surface area contributed by atoms with Crippen molar-refractivity contribution in [3.05, 3.63) is 16.6 Å². The van der Waals surface area contributed by atoms with Gasteiger partial charge in [-0.1, -0.05) is 13.8 Å². The Morgan fingerprint density at radius 1 is 1.60 bits per heavy atom. The summed E-state index contributed by atoms with van der Waals surface area (Å²) in [7, 11) is 0. The fraction of sp³-hybridized carbons (Fsp3) is 0.600. The van der Waals surface area contributed by atoms with Crippen LogP contribution in [0.4, 0.5) is 0 Å². The first kappa shape index (κ1) is 12.1. The molecule has 4 nitrogen and oxygen atoms in total. The third-order valence-corrected chi connectivity index (χ3v) is 3.38. The van der Waals surface area contributed by atoms with Crippen molar-refractivity contribution in [2.45, 2.75) is 38.8 Å². The fourth-order valence-corrected chi connectivity index (χ4v) is 1.80. The zero-order valence-electron chi connectivity index (χ0n) is 9.12. The lowest BCUT2D eigenvalue weighted by Crippen LogP contribution is -2.52. The molecule has 0 bridgehead atoms. The van der Waals surface area contributed by atoms with Gasteiger partial charge in [0.25, 0.3) is 0 Å². The van der Waals surface area contributed by atoms with Gasteiger partial charge in [-0.2, -0.15) is 0 Å². The topological polar surface area (TPSA) is 68.0 Å². The summed E-state index contributed by atoms with van der Waals surface area (Å²) in [6.45, 7) is 4.31. The number of amides is 1. The van der Waals surface area contributed by atoms with Crippen LogP contribution in [0.1, 0.15) is 31.7 Å². The van der Waals surface area contributed by atoms with E-state index in [0.717, 1.165) is 5.01 Å². The number of carbonyl (C=O) groups is 1. The first-order valence-electron chi connectivity index (χ1n) is 5.08. The Hall–Kier alpha value is -0.940. The van der Waals surface area contributed by atoms with Crippen molar-refractivity contribution in [1.82, 2.24) is 10.3 Å². The Kier molecular flexibility index (Phi) is 4.23. The van der Waals surface area contributed by atoms with Crippen molar-refractivity contribution in [2.24, 2.45) is 5.73 Å². The van der Waals surface area contributed by atoms with E-state index in [-0.39, 0.29) is 5.91 Å². The van der Waals surface area contributed by atoms with E-state index in [2.05, 4.69) is 10.3 Å². The molecule has 0 fully saturated rings. The molecular weight excluding hydrogens is 210 g/mol. The molecule has 84 valence electrons. The summed E-state index contributed by atoms with van der Waals surface area (Å²) in [5.41, 5.74) is 5.21. The van der Waals surface area contributed by atoms with E-state index in [1.165, 1.54) is 11.3 Å². The van der Waals surface area contributed by atoms with Crippen LogP contribution in [-0.4, -0.2) is 16.4 Å². The van der Waals surface area contributed by atoms with Crippen molar-refractivity contribution in [2.75, 3.05) is 0 Å². The van der Waals surface area contributed by atoms with E-state index in [1.54, 1.807) is 6.20 Å². The first-order valence-corrected chi connectivity index (χ1v) is 5.96. The van der Waals surface area contributed by atoms with E-state index in [0.29, 0.717) is 19.4 Å². The third-order valence-electron chi connectivity index (χ3n) is 2.60. The lowest BCUT2D eigenvalue weighted by molar-refractivity contribution is -0.126. The molecule has 0 aliphatic heterocycles. The molecular formula is C10H17N3OS. The summed E-state index contributed by atoms with van der Waals surface area (Å²) >= 11 is 1.52. The maximum absolute atomic E-state index is 11.8. The van der Waals surface area contributed by atoms with Crippen LogP contribution in [-0.2, 0) is 11.3 Å². The minimum atomic E-state index is -0.739. The van der Waals surface area contributed by atoms with Crippen LogP contribution >= 0.6 is 11.3 Å². The van der Waals surface area contributed by atoms with Gasteiger partial charge in [0.05, 0.1) is 12.1 Å². The molecule has 0 aliphatic rings. The average molecular weight is 227 g/mol. The smallest absolute Gasteiger partial charge is 0.240 e. The van der Waals surface area contributed by atoms with Crippen molar-refractivity contribution in [3.63, 3.8) is 0 Å². The summed E-state index contributed by atoms with van der Waals surface area (Å²) in [6, 6.07) is 0. The lowest BCUT2D eigenvalue weighted by Gasteiger charge is -2.24. The zero-order valence-corrected chi connectivity index (χ0v) is 9.93. The number of thiazole rings is 1. The Morgan fingerprint density at radius 2 is 2.27 bits per heavy atom. The summed E-state index contributed by atoms with van der Waals surface area (Å²) in [6.07, 6.45) is 3.02. The second kappa shape index (κ2) is 5.23. The molecule has 0 atom stereocenters. The van der Waals surface area contributed by atoms with Crippen LogP contribution in [0.2, 0.25) is 0 Å². The maximum Gasteiger partial charge on any atom is 0.240 e. The van der Waals surface area contributed by atoms with Crippen LogP contribution in [0.5, 0.6) is 0 Å². The van der Waals surface area contributed by atoms with Gasteiger partial charge >= 0.3 is 0 Å². The summed E-state index contributed by atoms with van der Waals surface area (Å²) in [5, 5.41) is 5.60. The molecule has 0 aliphatic carbocycles. The number of hydrogen-bond acceptors (Lipinski definition) is 4. The average Bonchev–Trinajstić information content (AvgIpc) is 2.77. The highest BCUT2D eigenvalue weighted by atomic mass is 32.1. The van der Waals surface area contributed by atoms with E-state index < -0.39 is 5.54 Å². The minimum Gasteiger partial charge on any atom is -0.348 e. The minimum absolute atomic E-state index is 0.0947. The molecule has 1 aromatic rings. The van der Waals surface area contributed by atoms with E-state index in [4.69, 9.17) is 5.73 Å². The third kappa shape index (κ3) is 3.00. The van der Waals surface area contributed by atoms with E-state index in [9.17, 15) is 4.79 Å². The second-order valence-electron chi connectivity index (χ2n) is 3.47. The molecule has 5 heteroatoms. The van der Waals surface area contributed by atoms with E-state index >= 15 is 0 Å². The quantitative estimate of drug-likeness (QED) is 0.796. The molecule has 1 heterocycles. The molecule has 0 spiro atoms. The number of rotatable bonds is 5. The summed E-state index contributed by atoms with van der Waals surface area (Å²) in [4.78, 5) is 15.8. The van der Waals surface area contributed by atoms with Gasteiger partial charge in [0.2, 0.25) is 5.91 Å². The van der Waals surface area contributed by atoms with Crippen LogP contribution in [0.25, 0.3) is 0 Å². The largest absolute Gasteiger partial charge is 0.348 e. The molecule has 0 radical (unpaired) electrons. The number of carbonyl (C=O) groups excluding carboxylic acids is 1. The van der Waals surface area contributed by atoms with Gasteiger partial charge in [0.1, 0.15) is 5.01 Å². The van der Waals surface area contributed by atoms with E-state index in [1.807, 2.05) is 19.2 Å². The molecule has 3 N–H and O–H groups in total. The number of hydrogen-bond donors (Lipinski definition) is 2. The van der Waals surface area contributed by atoms with Gasteiger partial charge < -0.3 is 11.1 Å². The van der Waals surface area contributed by atoms with Gasteiger partial charge in [-0.05, 0) is 12.8 Å². The number of aromatic nitrogens is 1. The van der Waals surface area contributed by atoms with Gasteiger partial charge in [0.15, 0.2) is 0 Å². The monoisotopic (exact) mass is 227 g/mol. The van der Waals surface area contributed by atoms with Crippen molar-refractivity contribution in [1.29, 1.82) is 0 Å². The highest BCUT2D eigenvalue weighted by Crippen LogP contribution is 2.11. The SMILES string of the molecule is CCC(N)(CC)C(=O)NCc1nccs1. The van der Waals surface area contributed by atoms with Gasteiger partial charge in [-0.15, -0.1) is 11.3 Å². The molecule has 1 rings (SSSR count). The molecule has 1 amide bonds. The van der Waals surface area contributed by atoms with Crippen LogP contribution in [0, 0.1) is 0 Å². The standard InChI is InChI=1S/C10H17N3OS/c1-3-10(11,4-2)9(14)13-7-8-12-5-6-15-8/h5-6H,3-4,7,11H2,1-2H3,(H,13,14). The normalized spacial score (nSPS) is 11.4. The Labute approximate surface area is 93.9 Å². The Bertz CT molecular complexity index is 306. The number of nitrogens with one attached hydrogen (secondary N) is 1. The molecule has 1 aromatic heterocycles. The molecule has 15 heavy (non-hydrogen) atoms. The highest BCUT2D eigenvalue weighted by Gasteiger charge is 2.29. The van der Waals surface area contributed by atoms with Crippen LogP contribution in [0.3, 0.4) is 0 Å². The number of nitrogens with two attached hydrogens (primary N) is 1. The van der Waals surface area contributed by atoms with Crippen LogP contribution < -0.4 is 11.1 Å². The highest BCUT2D eigenvalue weighted by molar-refractivity contribution is 7.09. The predicted octanol–water partition coefficient (Wildman–Crippen LogP) is 1.28. The molecule has 0 unspecified atom stereocenters. The van der Waals surface area contributed by atoms with Gasteiger partial charge in [-0.3, -0.25) is 4.79 Å². The molecule has 0 saturated carbocycles. The fourth-order valence-electron chi connectivity index (χ4n) is 1.24. The van der Waals surface area contributed by atoms with Crippen LogP contribution in [0.15, 0.2) is 11.6 Å². The van der Waals surface area contributed by atoms with Crippen molar-refractivity contribution < 1.29 is 4.79 Å². The maximum atomic E-state index is 11.8. The van der Waals surface area contributed by atoms with Gasteiger partial charge in [0, 0.05) is 11.6 Å². The summed E-state index contributed by atoms with van der Waals surface area (Å²) < 4.78 is 0. The van der Waals surface area contributed by atoms with Crippen molar-refractivity contribution in [3.8, 4) is 0 Å². The zero-order chi connectivity index (χ0) is 11.3. The lowest BCUT2D eigenvalue weighted by atomic mass is 9.93. The Balaban J connectivity index is 2.48. The summed E-state index contributed by atoms with van der Waals surface area (Å²) in [5.74, 6) is -0.0947. The van der Waals surface area contributed by atoms with Gasteiger partial charge in [-0.25, -0.2) is 4.98 Å². The van der Waals surface area contributed by atoms with Crippen molar-refractivity contribution >= 4 is 17.2 Å². The molecule has 0 aromatic carbocycles. The second-order valence-corrected chi connectivity index (χ2v) is 4.45. The number of nitrogens with zero attached hydrogens (tertiary/aromatic N) is 1. The Morgan fingerprint density at radius 3 is 2.73 bits per heavy atom. The predicted molar refractivity (Wildman–Crippen MR) is 61.5 cm³/mol. The molecule has 0 saturated heterocycles. The first-order chi connectivity index (χ1) is 7.12.